The molecule has 142 valence electrons. The third kappa shape index (κ3) is 8.23. The minimum Gasteiger partial charge on any atom is -0.379 e. The summed E-state index contributed by atoms with van der Waals surface area (Å²) in [5.41, 5.74) is 5.55. The zero-order chi connectivity index (χ0) is 17.4. The van der Waals surface area contributed by atoms with Gasteiger partial charge in [0, 0.05) is 19.6 Å². The van der Waals surface area contributed by atoms with Crippen molar-refractivity contribution in [1.29, 1.82) is 0 Å². The van der Waals surface area contributed by atoms with E-state index in [1.54, 1.807) is 6.07 Å². The van der Waals surface area contributed by atoms with Gasteiger partial charge >= 0.3 is 6.18 Å². The number of hydrogen-bond acceptors (Lipinski definition) is 3. The fraction of sp³-hybridized carbons (Fsp3) is 0.562. The quantitative estimate of drug-likeness (QED) is 0.289. The summed E-state index contributed by atoms with van der Waals surface area (Å²) in [7, 11) is 0. The predicted molar refractivity (Wildman–Crippen MR) is 102 cm³/mol. The molecule has 1 aliphatic rings. The summed E-state index contributed by atoms with van der Waals surface area (Å²) in [6.07, 6.45) is -3.43. The number of nitrogens with two attached hydrogens (primary N) is 1. The lowest BCUT2D eigenvalue weighted by molar-refractivity contribution is -0.137. The molecule has 2 rings (SSSR count). The summed E-state index contributed by atoms with van der Waals surface area (Å²) >= 11 is 0. The molecule has 5 nitrogen and oxygen atoms in total. The Morgan fingerprint density at radius 3 is 2.68 bits per heavy atom. The molecule has 0 spiro atoms. The van der Waals surface area contributed by atoms with Gasteiger partial charge in [-0.2, -0.15) is 13.2 Å². The number of halogens is 4. The second-order valence-corrected chi connectivity index (χ2v) is 5.63. The molecule has 0 radical (unpaired) electrons. The Kier molecular flexibility index (Phi) is 9.51. The average Bonchev–Trinajstić information content (AvgIpc) is 2.57. The maximum Gasteiger partial charge on any atom is 0.416 e. The van der Waals surface area contributed by atoms with Crippen LogP contribution in [0.2, 0.25) is 0 Å². The standard InChI is InChI=1S/C16H23F3N4O.HI/c17-16(18,19)14-4-1-3-13(11-14)12-22-15(20)21-5-2-6-23-7-9-24-10-8-23;/h1,3-4,11H,2,5-10,12H2,(H3,20,21,22);1H. The van der Waals surface area contributed by atoms with Crippen LogP contribution < -0.4 is 11.1 Å². The van der Waals surface area contributed by atoms with Crippen LogP contribution >= 0.6 is 24.0 Å². The summed E-state index contributed by atoms with van der Waals surface area (Å²) in [6, 6.07) is 5.11. The number of ether oxygens (including phenoxy) is 1. The summed E-state index contributed by atoms with van der Waals surface area (Å²) in [4.78, 5) is 6.40. The molecule has 1 saturated heterocycles. The van der Waals surface area contributed by atoms with Crippen molar-refractivity contribution in [1.82, 2.24) is 10.2 Å². The van der Waals surface area contributed by atoms with Crippen LogP contribution in [-0.4, -0.2) is 50.3 Å². The van der Waals surface area contributed by atoms with Crippen molar-refractivity contribution < 1.29 is 17.9 Å². The number of benzene rings is 1. The Balaban J connectivity index is 0.00000312. The Bertz CT molecular complexity index is 548. The monoisotopic (exact) mass is 472 g/mol. The maximum atomic E-state index is 12.6. The van der Waals surface area contributed by atoms with Crippen molar-refractivity contribution in [2.45, 2.75) is 19.1 Å². The van der Waals surface area contributed by atoms with Crippen molar-refractivity contribution in [3.8, 4) is 0 Å². The van der Waals surface area contributed by atoms with Crippen molar-refractivity contribution in [2.75, 3.05) is 39.4 Å². The van der Waals surface area contributed by atoms with E-state index in [0.29, 0.717) is 12.1 Å². The molecular formula is C16H24F3IN4O. The van der Waals surface area contributed by atoms with Crippen molar-refractivity contribution in [2.24, 2.45) is 10.7 Å². The first-order valence-electron chi connectivity index (χ1n) is 7.95. The average molecular weight is 472 g/mol. The lowest BCUT2D eigenvalue weighted by Crippen LogP contribution is -2.39. The van der Waals surface area contributed by atoms with Crippen molar-refractivity contribution in [3.05, 3.63) is 35.4 Å². The molecule has 0 saturated carbocycles. The van der Waals surface area contributed by atoms with Gasteiger partial charge in [-0.15, -0.1) is 24.0 Å². The highest BCUT2D eigenvalue weighted by molar-refractivity contribution is 14.0. The lowest BCUT2D eigenvalue weighted by Gasteiger charge is -2.26. The van der Waals surface area contributed by atoms with Crippen LogP contribution in [0.1, 0.15) is 17.5 Å². The second kappa shape index (κ2) is 10.8. The number of hydrogen-bond donors (Lipinski definition) is 2. The van der Waals surface area contributed by atoms with E-state index in [-0.39, 0.29) is 36.5 Å². The zero-order valence-electron chi connectivity index (χ0n) is 13.9. The van der Waals surface area contributed by atoms with Gasteiger partial charge in [-0.05, 0) is 30.7 Å². The molecule has 25 heavy (non-hydrogen) atoms. The van der Waals surface area contributed by atoms with E-state index in [1.165, 1.54) is 6.07 Å². The number of guanidine groups is 1. The highest BCUT2D eigenvalue weighted by Crippen LogP contribution is 2.29. The number of morpholine rings is 1. The van der Waals surface area contributed by atoms with E-state index >= 15 is 0 Å². The Morgan fingerprint density at radius 1 is 1.28 bits per heavy atom. The van der Waals surface area contributed by atoms with Gasteiger partial charge in [-0.3, -0.25) is 4.90 Å². The van der Waals surface area contributed by atoms with Gasteiger partial charge in [-0.1, -0.05) is 12.1 Å². The smallest absolute Gasteiger partial charge is 0.379 e. The minimum absolute atomic E-state index is 0. The van der Waals surface area contributed by atoms with Gasteiger partial charge < -0.3 is 15.8 Å². The molecule has 0 unspecified atom stereocenters. The summed E-state index contributed by atoms with van der Waals surface area (Å²) in [5, 5.41) is 2.98. The first-order chi connectivity index (χ1) is 11.4. The third-order valence-corrected chi connectivity index (χ3v) is 3.75. The minimum atomic E-state index is -4.34. The van der Waals surface area contributed by atoms with E-state index in [0.717, 1.165) is 51.4 Å². The molecule has 1 aromatic rings. The molecule has 1 aromatic carbocycles. The fourth-order valence-corrected chi connectivity index (χ4v) is 2.42. The van der Waals surface area contributed by atoms with E-state index in [9.17, 15) is 13.2 Å². The first kappa shape index (κ1) is 22.0. The largest absolute Gasteiger partial charge is 0.416 e. The third-order valence-electron chi connectivity index (χ3n) is 3.75. The van der Waals surface area contributed by atoms with E-state index in [2.05, 4.69) is 15.2 Å². The lowest BCUT2D eigenvalue weighted by atomic mass is 10.1. The molecule has 1 fully saturated rings. The summed E-state index contributed by atoms with van der Waals surface area (Å²) in [6.45, 7) is 5.18. The summed E-state index contributed by atoms with van der Waals surface area (Å²) < 4.78 is 43.2. The molecule has 0 atom stereocenters. The number of rotatable bonds is 6. The van der Waals surface area contributed by atoms with Gasteiger partial charge in [-0.25, -0.2) is 4.99 Å². The number of alkyl halides is 3. The highest BCUT2D eigenvalue weighted by atomic mass is 127. The summed E-state index contributed by atoms with van der Waals surface area (Å²) in [5.74, 6) is 0.245. The Labute approximate surface area is 162 Å². The first-order valence-corrected chi connectivity index (χ1v) is 7.95. The van der Waals surface area contributed by atoms with E-state index in [4.69, 9.17) is 10.5 Å². The molecule has 0 amide bonds. The molecule has 1 heterocycles. The topological polar surface area (TPSA) is 62.9 Å². The van der Waals surface area contributed by atoms with Gasteiger partial charge in [0.2, 0.25) is 0 Å². The SMILES string of the molecule is I.NC(=NCc1cccc(C(F)(F)F)c1)NCCCN1CCOCC1. The van der Waals surface area contributed by atoms with E-state index in [1.807, 2.05) is 0 Å². The van der Waals surface area contributed by atoms with Gasteiger partial charge in [0.25, 0.3) is 0 Å². The molecule has 0 bridgehead atoms. The van der Waals surface area contributed by atoms with Gasteiger partial charge in [0.1, 0.15) is 0 Å². The van der Waals surface area contributed by atoms with Crippen LogP contribution in [-0.2, 0) is 17.5 Å². The molecule has 9 heteroatoms. The Morgan fingerprint density at radius 2 is 2.00 bits per heavy atom. The van der Waals surface area contributed by atoms with E-state index < -0.39 is 11.7 Å². The molecule has 1 aliphatic heterocycles. The van der Waals surface area contributed by atoms with Crippen LogP contribution in [0.5, 0.6) is 0 Å². The van der Waals surface area contributed by atoms with Gasteiger partial charge in [0.15, 0.2) is 5.96 Å². The highest BCUT2D eigenvalue weighted by Gasteiger charge is 2.30. The molecule has 3 N–H and O–H groups in total. The number of nitrogens with zero attached hydrogens (tertiary/aromatic N) is 2. The van der Waals surface area contributed by atoms with Crippen LogP contribution in [0.3, 0.4) is 0 Å². The van der Waals surface area contributed by atoms with Crippen molar-refractivity contribution in [3.63, 3.8) is 0 Å². The van der Waals surface area contributed by atoms with Crippen LogP contribution in [0.15, 0.2) is 29.3 Å². The van der Waals surface area contributed by atoms with Crippen molar-refractivity contribution >= 4 is 29.9 Å². The number of nitrogens with one attached hydrogen (secondary N) is 1. The van der Waals surface area contributed by atoms with Gasteiger partial charge in [0.05, 0.1) is 25.3 Å². The Hall–Kier alpha value is -1.07. The molecule has 0 aliphatic carbocycles. The van der Waals surface area contributed by atoms with Crippen LogP contribution in [0, 0.1) is 0 Å². The molecular weight excluding hydrogens is 448 g/mol. The maximum absolute atomic E-state index is 12.6. The van der Waals surface area contributed by atoms with Crippen LogP contribution in [0.25, 0.3) is 0 Å². The normalized spacial score (nSPS) is 16.4. The molecule has 0 aromatic heterocycles. The number of aliphatic imine (C=N–C) groups is 1. The zero-order valence-corrected chi connectivity index (χ0v) is 16.2. The second-order valence-electron chi connectivity index (χ2n) is 5.63. The predicted octanol–water partition coefficient (Wildman–Crippen LogP) is 2.45. The van der Waals surface area contributed by atoms with Crippen LogP contribution in [0.4, 0.5) is 13.2 Å². The fourth-order valence-electron chi connectivity index (χ4n) is 2.42.